The highest BCUT2D eigenvalue weighted by Crippen LogP contribution is 2.30. The number of aromatic nitrogens is 1. The first-order chi connectivity index (χ1) is 13.5. The average molecular weight is 416 g/mol. The van der Waals surface area contributed by atoms with Gasteiger partial charge in [0.25, 0.3) is 0 Å². The average Bonchev–Trinajstić information content (AvgIpc) is 3.33. The molecular formula is C20H21N3O3S2. The Balaban J connectivity index is 1.35. The van der Waals surface area contributed by atoms with Gasteiger partial charge in [-0.25, -0.2) is 4.98 Å². The van der Waals surface area contributed by atoms with Gasteiger partial charge in [0, 0.05) is 28.8 Å². The lowest BCUT2D eigenvalue weighted by molar-refractivity contribution is -0.145. The maximum Gasteiger partial charge on any atom is 0.306 e. The van der Waals surface area contributed by atoms with Crippen molar-refractivity contribution < 1.29 is 14.3 Å². The van der Waals surface area contributed by atoms with Gasteiger partial charge in [0.05, 0.1) is 10.6 Å². The number of nitrogens with two attached hydrogens (primary N) is 1. The first-order valence-corrected chi connectivity index (χ1v) is 10.5. The molecule has 0 atom stereocenters. The van der Waals surface area contributed by atoms with Gasteiger partial charge in [-0.1, -0.05) is 12.1 Å². The monoisotopic (exact) mass is 415 g/mol. The number of carbonyl (C=O) groups is 2. The summed E-state index contributed by atoms with van der Waals surface area (Å²) in [4.78, 5) is 29.9. The van der Waals surface area contributed by atoms with E-state index in [0.717, 1.165) is 21.3 Å². The van der Waals surface area contributed by atoms with E-state index in [1.54, 1.807) is 46.9 Å². The maximum atomic E-state index is 11.9. The number of nitrogens with one attached hydrogen (secondary N) is 1. The minimum Gasteiger partial charge on any atom is -0.461 e. The van der Waals surface area contributed by atoms with Crippen molar-refractivity contribution in [3.05, 3.63) is 57.8 Å². The van der Waals surface area contributed by atoms with Crippen LogP contribution < -0.4 is 11.1 Å². The van der Waals surface area contributed by atoms with Crippen molar-refractivity contribution in [1.82, 2.24) is 4.98 Å². The molecule has 0 aliphatic carbocycles. The second-order valence-corrected chi connectivity index (χ2v) is 8.35. The van der Waals surface area contributed by atoms with Crippen molar-refractivity contribution in [2.24, 2.45) is 5.73 Å². The van der Waals surface area contributed by atoms with Crippen molar-refractivity contribution in [3.8, 4) is 10.6 Å². The lowest BCUT2D eigenvalue weighted by Gasteiger charge is -2.06. The Morgan fingerprint density at radius 1 is 1.18 bits per heavy atom. The van der Waals surface area contributed by atoms with Crippen LogP contribution >= 0.6 is 22.7 Å². The summed E-state index contributed by atoms with van der Waals surface area (Å²) in [5, 5.41) is 6.13. The number of hydrogen-bond acceptors (Lipinski definition) is 7. The number of ether oxygens (including phenoxy) is 1. The minimum absolute atomic E-state index is 0.182. The molecule has 0 saturated heterocycles. The molecule has 0 aliphatic rings. The molecule has 0 radical (unpaired) electrons. The molecule has 146 valence electrons. The van der Waals surface area contributed by atoms with Gasteiger partial charge in [-0.3, -0.25) is 9.59 Å². The Bertz CT molecular complexity index is 948. The van der Waals surface area contributed by atoms with E-state index in [9.17, 15) is 9.59 Å². The lowest BCUT2D eigenvalue weighted by Crippen LogP contribution is -2.11. The Kier molecular flexibility index (Phi) is 6.78. The predicted octanol–water partition coefficient (Wildman–Crippen LogP) is 4.21. The highest BCUT2D eigenvalue weighted by molar-refractivity contribution is 7.16. The molecular weight excluding hydrogens is 394 g/mol. The third kappa shape index (κ3) is 5.64. The molecule has 0 saturated carbocycles. The fourth-order valence-corrected chi connectivity index (χ4v) is 4.11. The summed E-state index contributed by atoms with van der Waals surface area (Å²) in [5.74, 6) is -0.733. The Labute approximate surface area is 171 Å². The minimum atomic E-state index is -0.478. The number of rotatable bonds is 9. The molecule has 2 heterocycles. The number of benzene rings is 1. The molecule has 0 bridgehead atoms. The summed E-state index contributed by atoms with van der Waals surface area (Å²) >= 11 is 3.28. The molecule has 3 rings (SSSR count). The number of esters is 1. The maximum absolute atomic E-state index is 11.9. The van der Waals surface area contributed by atoms with Crippen LogP contribution in [0, 0.1) is 6.92 Å². The van der Waals surface area contributed by atoms with Gasteiger partial charge < -0.3 is 15.8 Å². The van der Waals surface area contributed by atoms with Crippen LogP contribution in [0.1, 0.15) is 33.6 Å². The standard InChI is InChI=1S/C20H21N3O3S2/c1-13-4-9-17(28-13)16-12-27-20(23-16)22-10-2-3-18(24)26-11-14-5-7-15(8-6-14)19(21)25/h4-9,12H,2-3,10-11H2,1H3,(H2,21,25)(H,22,23). The first-order valence-electron chi connectivity index (χ1n) is 8.82. The Morgan fingerprint density at radius 3 is 2.64 bits per heavy atom. The van der Waals surface area contributed by atoms with Crippen molar-refractivity contribution in [2.45, 2.75) is 26.4 Å². The molecule has 1 aromatic carbocycles. The number of carbonyl (C=O) groups excluding carboxylic acids is 2. The molecule has 3 aromatic rings. The number of anilines is 1. The van der Waals surface area contributed by atoms with Gasteiger partial charge in [0.15, 0.2) is 5.13 Å². The first kappa shape index (κ1) is 20.0. The quantitative estimate of drug-likeness (QED) is 0.403. The largest absolute Gasteiger partial charge is 0.461 e. The molecule has 0 spiro atoms. The van der Waals surface area contributed by atoms with E-state index in [1.165, 1.54) is 4.88 Å². The molecule has 6 nitrogen and oxygen atoms in total. The number of nitrogens with zero attached hydrogens (tertiary/aromatic N) is 1. The van der Waals surface area contributed by atoms with Gasteiger partial charge in [-0.15, -0.1) is 22.7 Å². The second kappa shape index (κ2) is 9.48. The summed E-state index contributed by atoms with van der Waals surface area (Å²) in [6.45, 7) is 2.91. The smallest absolute Gasteiger partial charge is 0.306 e. The summed E-state index contributed by atoms with van der Waals surface area (Å²) in [7, 11) is 0. The molecule has 8 heteroatoms. The number of aryl methyl sites for hydroxylation is 1. The zero-order chi connectivity index (χ0) is 19.9. The molecule has 0 aliphatic heterocycles. The van der Waals surface area contributed by atoms with E-state index in [0.29, 0.717) is 24.9 Å². The summed E-state index contributed by atoms with van der Waals surface area (Å²) in [6.07, 6.45) is 0.987. The van der Waals surface area contributed by atoms with Crippen molar-refractivity contribution in [1.29, 1.82) is 0 Å². The number of thiazole rings is 1. The zero-order valence-corrected chi connectivity index (χ0v) is 17.1. The van der Waals surface area contributed by atoms with Crippen molar-refractivity contribution in [3.63, 3.8) is 0 Å². The fourth-order valence-electron chi connectivity index (χ4n) is 2.47. The topological polar surface area (TPSA) is 94.3 Å². The van der Waals surface area contributed by atoms with Gasteiger partial charge in [0.1, 0.15) is 6.61 Å². The number of primary amides is 1. The Hall–Kier alpha value is -2.71. The van der Waals surface area contributed by atoms with Crippen LogP contribution in [-0.4, -0.2) is 23.4 Å². The summed E-state index contributed by atoms with van der Waals surface area (Å²) < 4.78 is 5.25. The molecule has 1 amide bonds. The van der Waals surface area contributed by atoms with Crippen LogP contribution in [0.5, 0.6) is 0 Å². The third-order valence-corrected chi connectivity index (χ3v) is 5.79. The van der Waals surface area contributed by atoms with Crippen LogP contribution in [0.15, 0.2) is 41.8 Å². The van der Waals surface area contributed by atoms with E-state index in [-0.39, 0.29) is 12.6 Å². The predicted molar refractivity (Wildman–Crippen MR) is 113 cm³/mol. The van der Waals surface area contributed by atoms with Gasteiger partial charge >= 0.3 is 5.97 Å². The summed E-state index contributed by atoms with van der Waals surface area (Å²) in [6, 6.07) is 10.9. The SMILES string of the molecule is Cc1ccc(-c2csc(NCCCC(=O)OCc3ccc(C(N)=O)cc3)n2)s1. The zero-order valence-electron chi connectivity index (χ0n) is 15.4. The Morgan fingerprint density at radius 2 is 1.96 bits per heavy atom. The number of thiophene rings is 1. The van der Waals surface area contributed by atoms with E-state index >= 15 is 0 Å². The van der Waals surface area contributed by atoms with E-state index in [2.05, 4.69) is 29.4 Å². The van der Waals surface area contributed by atoms with Crippen molar-refractivity contribution in [2.75, 3.05) is 11.9 Å². The highest BCUT2D eigenvalue weighted by Gasteiger charge is 2.08. The van der Waals surface area contributed by atoms with Crippen LogP contribution in [0.25, 0.3) is 10.6 Å². The number of amides is 1. The molecule has 28 heavy (non-hydrogen) atoms. The summed E-state index contributed by atoms with van der Waals surface area (Å²) in [5.41, 5.74) is 7.42. The van der Waals surface area contributed by atoms with E-state index in [1.807, 2.05) is 5.38 Å². The van der Waals surface area contributed by atoms with Gasteiger partial charge in [-0.2, -0.15) is 0 Å². The number of hydrogen-bond donors (Lipinski definition) is 2. The van der Waals surface area contributed by atoms with Gasteiger partial charge in [0.2, 0.25) is 5.91 Å². The lowest BCUT2D eigenvalue weighted by atomic mass is 10.1. The van der Waals surface area contributed by atoms with Crippen LogP contribution in [0.2, 0.25) is 0 Å². The van der Waals surface area contributed by atoms with Crippen LogP contribution in [0.3, 0.4) is 0 Å². The fraction of sp³-hybridized carbons (Fsp3) is 0.250. The van der Waals surface area contributed by atoms with Crippen molar-refractivity contribution >= 4 is 39.7 Å². The normalized spacial score (nSPS) is 10.6. The van der Waals surface area contributed by atoms with Crippen LogP contribution in [-0.2, 0) is 16.1 Å². The highest BCUT2D eigenvalue weighted by atomic mass is 32.1. The molecule has 2 aromatic heterocycles. The van der Waals surface area contributed by atoms with E-state index < -0.39 is 5.91 Å². The van der Waals surface area contributed by atoms with Gasteiger partial charge in [-0.05, 0) is 43.2 Å². The second-order valence-electron chi connectivity index (χ2n) is 6.20. The molecule has 0 unspecified atom stereocenters. The molecule has 0 fully saturated rings. The van der Waals surface area contributed by atoms with E-state index in [4.69, 9.17) is 10.5 Å². The molecule has 3 N–H and O–H groups in total. The third-order valence-electron chi connectivity index (χ3n) is 3.97. The van der Waals surface area contributed by atoms with Crippen LogP contribution in [0.4, 0.5) is 5.13 Å².